The Kier molecular flexibility index (Phi) is 4.22. The number of aromatic nitrogens is 1. The lowest BCUT2D eigenvalue weighted by atomic mass is 9.88. The van der Waals surface area contributed by atoms with Crippen LogP contribution >= 0.6 is 11.6 Å². The van der Waals surface area contributed by atoms with Crippen molar-refractivity contribution in [1.82, 2.24) is 15.2 Å². The molecule has 0 radical (unpaired) electrons. The zero-order valence-electron chi connectivity index (χ0n) is 11.5. The molecule has 5 heteroatoms. The molecule has 3 rings (SSSR count). The molecule has 1 amide bonds. The molecule has 0 saturated carbocycles. The normalized spacial score (nSPS) is 24.1. The standard InChI is InChI=1S/C15H20ClN3O/c16-12-3-4-14(18-10-12)15(20)19-8-5-11(6-9-19)13-2-1-7-17-13/h3-4,10-11,13,17H,1-2,5-9H2. The fourth-order valence-electron chi connectivity index (χ4n) is 3.28. The van der Waals surface area contributed by atoms with Crippen molar-refractivity contribution in [3.8, 4) is 0 Å². The number of carbonyl (C=O) groups excluding carboxylic acids is 1. The van der Waals surface area contributed by atoms with Crippen LogP contribution < -0.4 is 5.32 Å². The molecule has 1 N–H and O–H groups in total. The molecule has 4 nitrogen and oxygen atoms in total. The minimum Gasteiger partial charge on any atom is -0.337 e. The number of amides is 1. The average molecular weight is 294 g/mol. The summed E-state index contributed by atoms with van der Waals surface area (Å²) in [5, 5.41) is 4.14. The van der Waals surface area contributed by atoms with Gasteiger partial charge in [-0.15, -0.1) is 0 Å². The molecule has 1 atom stereocenters. The number of halogens is 1. The zero-order chi connectivity index (χ0) is 13.9. The van der Waals surface area contributed by atoms with E-state index in [1.165, 1.54) is 19.0 Å². The summed E-state index contributed by atoms with van der Waals surface area (Å²) in [5.41, 5.74) is 0.492. The first-order valence-corrected chi connectivity index (χ1v) is 7.76. The highest BCUT2D eigenvalue weighted by molar-refractivity contribution is 6.30. The first-order chi connectivity index (χ1) is 9.74. The Bertz CT molecular complexity index is 463. The molecular weight excluding hydrogens is 274 g/mol. The third-order valence-electron chi connectivity index (χ3n) is 4.44. The van der Waals surface area contributed by atoms with Crippen molar-refractivity contribution in [2.24, 2.45) is 5.92 Å². The summed E-state index contributed by atoms with van der Waals surface area (Å²) < 4.78 is 0. The van der Waals surface area contributed by atoms with Gasteiger partial charge in [0.1, 0.15) is 5.69 Å². The molecule has 2 aliphatic rings. The molecule has 20 heavy (non-hydrogen) atoms. The summed E-state index contributed by atoms with van der Waals surface area (Å²) in [5.74, 6) is 0.749. The number of likely N-dealkylation sites (tertiary alicyclic amines) is 1. The summed E-state index contributed by atoms with van der Waals surface area (Å²) in [6.07, 6.45) is 6.30. The number of nitrogens with zero attached hydrogens (tertiary/aromatic N) is 2. The van der Waals surface area contributed by atoms with Crippen LogP contribution in [0.1, 0.15) is 36.2 Å². The van der Waals surface area contributed by atoms with Crippen LogP contribution in [0.3, 0.4) is 0 Å². The second kappa shape index (κ2) is 6.10. The molecule has 3 heterocycles. The van der Waals surface area contributed by atoms with Gasteiger partial charge in [0.05, 0.1) is 5.02 Å². The monoisotopic (exact) mass is 293 g/mol. The molecule has 1 aromatic heterocycles. The quantitative estimate of drug-likeness (QED) is 0.910. The van der Waals surface area contributed by atoms with Gasteiger partial charge in [-0.25, -0.2) is 4.98 Å². The molecule has 108 valence electrons. The minimum absolute atomic E-state index is 0.0273. The Balaban J connectivity index is 1.57. The fourth-order valence-corrected chi connectivity index (χ4v) is 3.39. The maximum atomic E-state index is 12.3. The lowest BCUT2D eigenvalue weighted by molar-refractivity contribution is 0.0668. The smallest absolute Gasteiger partial charge is 0.272 e. The number of hydrogen-bond donors (Lipinski definition) is 1. The van der Waals surface area contributed by atoms with Gasteiger partial charge in [0.15, 0.2) is 0 Å². The van der Waals surface area contributed by atoms with Gasteiger partial charge in [-0.3, -0.25) is 4.79 Å². The highest BCUT2D eigenvalue weighted by atomic mass is 35.5. The van der Waals surface area contributed by atoms with Crippen LogP contribution in [0.25, 0.3) is 0 Å². The van der Waals surface area contributed by atoms with Crippen LogP contribution in [0.15, 0.2) is 18.3 Å². The van der Waals surface area contributed by atoms with Crippen LogP contribution in [0.5, 0.6) is 0 Å². The Morgan fingerprint density at radius 1 is 1.30 bits per heavy atom. The Morgan fingerprint density at radius 3 is 2.70 bits per heavy atom. The fraction of sp³-hybridized carbons (Fsp3) is 0.600. The van der Waals surface area contributed by atoms with Crippen LogP contribution in [0.2, 0.25) is 5.02 Å². The van der Waals surface area contributed by atoms with Crippen molar-refractivity contribution in [3.05, 3.63) is 29.0 Å². The van der Waals surface area contributed by atoms with Crippen LogP contribution in [-0.4, -0.2) is 41.5 Å². The minimum atomic E-state index is 0.0273. The lowest BCUT2D eigenvalue weighted by Crippen LogP contribution is -2.43. The highest BCUT2D eigenvalue weighted by Gasteiger charge is 2.30. The van der Waals surface area contributed by atoms with Crippen molar-refractivity contribution in [2.75, 3.05) is 19.6 Å². The van der Waals surface area contributed by atoms with E-state index in [0.29, 0.717) is 16.8 Å². The largest absolute Gasteiger partial charge is 0.337 e. The third kappa shape index (κ3) is 2.96. The van der Waals surface area contributed by atoms with Gasteiger partial charge in [0, 0.05) is 25.3 Å². The number of pyridine rings is 1. The van der Waals surface area contributed by atoms with E-state index in [1.54, 1.807) is 12.1 Å². The summed E-state index contributed by atoms with van der Waals surface area (Å²) in [4.78, 5) is 18.4. The maximum absolute atomic E-state index is 12.3. The van der Waals surface area contributed by atoms with Gasteiger partial charge in [-0.2, -0.15) is 0 Å². The molecule has 0 aliphatic carbocycles. The van der Waals surface area contributed by atoms with Crippen molar-refractivity contribution in [1.29, 1.82) is 0 Å². The summed E-state index contributed by atoms with van der Waals surface area (Å²) >= 11 is 5.80. The van der Waals surface area contributed by atoms with E-state index in [9.17, 15) is 4.79 Å². The molecule has 0 spiro atoms. The van der Waals surface area contributed by atoms with Crippen LogP contribution in [0, 0.1) is 5.92 Å². The van der Waals surface area contributed by atoms with E-state index < -0.39 is 0 Å². The third-order valence-corrected chi connectivity index (χ3v) is 4.66. The lowest BCUT2D eigenvalue weighted by Gasteiger charge is -2.34. The first-order valence-electron chi connectivity index (χ1n) is 7.38. The number of piperidine rings is 1. The number of hydrogen-bond acceptors (Lipinski definition) is 3. The van der Waals surface area contributed by atoms with E-state index >= 15 is 0 Å². The van der Waals surface area contributed by atoms with Crippen molar-refractivity contribution >= 4 is 17.5 Å². The highest BCUT2D eigenvalue weighted by Crippen LogP contribution is 2.26. The topological polar surface area (TPSA) is 45.2 Å². The number of carbonyl (C=O) groups is 1. The van der Waals surface area contributed by atoms with Crippen molar-refractivity contribution < 1.29 is 4.79 Å². The maximum Gasteiger partial charge on any atom is 0.272 e. The van der Waals surface area contributed by atoms with Gasteiger partial charge in [0.25, 0.3) is 5.91 Å². The number of rotatable bonds is 2. The Labute approximate surface area is 124 Å². The SMILES string of the molecule is O=C(c1ccc(Cl)cn1)N1CCC(C2CCCN2)CC1. The zero-order valence-corrected chi connectivity index (χ0v) is 12.3. The average Bonchev–Trinajstić information content (AvgIpc) is 3.02. The van der Waals surface area contributed by atoms with Crippen molar-refractivity contribution in [3.63, 3.8) is 0 Å². The predicted octanol–water partition coefficient (Wildman–Crippen LogP) is 2.34. The molecule has 2 saturated heterocycles. The van der Waals surface area contributed by atoms with E-state index in [1.807, 2.05) is 4.90 Å². The summed E-state index contributed by atoms with van der Waals surface area (Å²) in [6, 6.07) is 4.09. The molecular formula is C15H20ClN3O. The van der Waals surface area contributed by atoms with Gasteiger partial charge in [-0.1, -0.05) is 11.6 Å². The van der Waals surface area contributed by atoms with Crippen LogP contribution in [0.4, 0.5) is 0 Å². The van der Waals surface area contributed by atoms with Gasteiger partial charge < -0.3 is 10.2 Å². The second-order valence-corrected chi connectivity index (χ2v) is 6.13. The van der Waals surface area contributed by atoms with E-state index in [0.717, 1.165) is 38.4 Å². The molecule has 1 aromatic rings. The summed E-state index contributed by atoms with van der Waals surface area (Å²) in [6.45, 7) is 2.83. The van der Waals surface area contributed by atoms with Crippen molar-refractivity contribution in [2.45, 2.75) is 31.7 Å². The first kappa shape index (κ1) is 13.8. The molecule has 0 bridgehead atoms. The van der Waals surface area contributed by atoms with Gasteiger partial charge >= 0.3 is 0 Å². The molecule has 2 aliphatic heterocycles. The van der Waals surface area contributed by atoms with Crippen LogP contribution in [-0.2, 0) is 0 Å². The molecule has 2 fully saturated rings. The summed E-state index contributed by atoms with van der Waals surface area (Å²) in [7, 11) is 0. The van der Waals surface area contributed by atoms with Gasteiger partial charge in [0.2, 0.25) is 0 Å². The van der Waals surface area contributed by atoms with E-state index in [-0.39, 0.29) is 5.91 Å². The Hall–Kier alpha value is -1.13. The van der Waals surface area contributed by atoms with E-state index in [4.69, 9.17) is 11.6 Å². The molecule has 1 unspecified atom stereocenters. The van der Waals surface area contributed by atoms with E-state index in [2.05, 4.69) is 10.3 Å². The predicted molar refractivity (Wildman–Crippen MR) is 78.9 cm³/mol. The number of nitrogens with one attached hydrogen (secondary N) is 1. The Morgan fingerprint density at radius 2 is 2.10 bits per heavy atom. The van der Waals surface area contributed by atoms with Gasteiger partial charge in [-0.05, 0) is 50.3 Å². The molecule has 0 aromatic carbocycles. The second-order valence-electron chi connectivity index (χ2n) is 5.69.